The first-order valence-electron chi connectivity index (χ1n) is 7.83. The largest absolute Gasteiger partial charge is 0.352 e. The van der Waals surface area contributed by atoms with Gasteiger partial charge in [-0.25, -0.2) is 4.79 Å². The summed E-state index contributed by atoms with van der Waals surface area (Å²) in [5, 5.41) is 8.09. The summed E-state index contributed by atoms with van der Waals surface area (Å²) in [6, 6.07) is 4.13. The van der Waals surface area contributed by atoms with Gasteiger partial charge < -0.3 is 15.5 Å². The Balaban J connectivity index is 1.96. The average Bonchev–Trinajstić information content (AvgIpc) is 2.97. The van der Waals surface area contributed by atoms with Gasteiger partial charge in [-0.15, -0.1) is 11.3 Å². The van der Waals surface area contributed by atoms with Crippen LogP contribution in [0.1, 0.15) is 44.5 Å². The van der Waals surface area contributed by atoms with Crippen LogP contribution in [0.3, 0.4) is 0 Å². The summed E-state index contributed by atoms with van der Waals surface area (Å²) in [7, 11) is 0. The van der Waals surface area contributed by atoms with Crippen LogP contribution >= 0.6 is 11.3 Å². The number of piperidine rings is 1. The van der Waals surface area contributed by atoms with Crippen molar-refractivity contribution >= 4 is 23.3 Å². The van der Waals surface area contributed by atoms with Crippen LogP contribution in [0, 0.1) is 5.92 Å². The van der Waals surface area contributed by atoms with E-state index in [9.17, 15) is 9.59 Å². The summed E-state index contributed by atoms with van der Waals surface area (Å²) >= 11 is 1.67. The Morgan fingerprint density at radius 1 is 1.41 bits per heavy atom. The van der Waals surface area contributed by atoms with Crippen molar-refractivity contribution in [3.63, 3.8) is 0 Å². The van der Waals surface area contributed by atoms with Gasteiger partial charge in [0.25, 0.3) is 0 Å². The molecule has 0 radical (unpaired) electrons. The van der Waals surface area contributed by atoms with E-state index in [0.717, 1.165) is 19.4 Å². The van der Waals surface area contributed by atoms with Crippen LogP contribution in [-0.2, 0) is 4.79 Å². The topological polar surface area (TPSA) is 61.4 Å². The lowest BCUT2D eigenvalue weighted by atomic mass is 10.0. The van der Waals surface area contributed by atoms with Crippen molar-refractivity contribution in [3.05, 3.63) is 22.4 Å². The number of amides is 3. The number of carbonyl (C=O) groups is 2. The highest BCUT2D eigenvalue weighted by Crippen LogP contribution is 2.26. The number of hydrogen-bond acceptors (Lipinski definition) is 3. The molecule has 2 rings (SSSR count). The van der Waals surface area contributed by atoms with Gasteiger partial charge in [0, 0.05) is 30.9 Å². The molecule has 2 atom stereocenters. The van der Waals surface area contributed by atoms with E-state index in [0.29, 0.717) is 12.5 Å². The van der Waals surface area contributed by atoms with Gasteiger partial charge in [-0.3, -0.25) is 4.79 Å². The summed E-state index contributed by atoms with van der Waals surface area (Å²) in [6.45, 7) is 7.07. The van der Waals surface area contributed by atoms with Crippen molar-refractivity contribution in [1.29, 1.82) is 0 Å². The van der Waals surface area contributed by atoms with Crippen LogP contribution in [0.15, 0.2) is 17.5 Å². The SMILES string of the molecule is CC(=O)NC1CCCN(C(=O)NC(c2cccs2)C(C)C)C1. The molecule has 5 nitrogen and oxygen atoms in total. The van der Waals surface area contributed by atoms with Gasteiger partial charge in [0.1, 0.15) is 0 Å². The maximum atomic E-state index is 12.5. The van der Waals surface area contributed by atoms with Crippen molar-refractivity contribution in [1.82, 2.24) is 15.5 Å². The fourth-order valence-corrected chi connectivity index (χ4v) is 3.77. The summed E-state index contributed by atoms with van der Waals surface area (Å²) in [5.41, 5.74) is 0. The molecular weight excluding hydrogens is 298 g/mol. The van der Waals surface area contributed by atoms with Crippen LogP contribution in [0.4, 0.5) is 4.79 Å². The molecule has 0 saturated carbocycles. The molecule has 6 heteroatoms. The standard InChI is InChI=1S/C16H25N3O2S/c1-11(2)15(14-7-5-9-22-14)18-16(21)19-8-4-6-13(10-19)17-12(3)20/h5,7,9,11,13,15H,4,6,8,10H2,1-3H3,(H,17,20)(H,18,21). The molecule has 0 bridgehead atoms. The lowest BCUT2D eigenvalue weighted by Gasteiger charge is -2.34. The highest BCUT2D eigenvalue weighted by atomic mass is 32.1. The first-order valence-corrected chi connectivity index (χ1v) is 8.71. The van der Waals surface area contributed by atoms with Crippen molar-refractivity contribution < 1.29 is 9.59 Å². The molecule has 1 fully saturated rings. The first kappa shape index (κ1) is 16.8. The third-order valence-corrected chi connectivity index (χ3v) is 4.87. The molecule has 2 N–H and O–H groups in total. The molecule has 2 heterocycles. The normalized spacial score (nSPS) is 19.8. The van der Waals surface area contributed by atoms with E-state index in [4.69, 9.17) is 0 Å². The van der Waals surface area contributed by atoms with Gasteiger partial charge in [-0.2, -0.15) is 0 Å². The monoisotopic (exact) mass is 323 g/mol. The zero-order chi connectivity index (χ0) is 16.1. The molecule has 22 heavy (non-hydrogen) atoms. The molecule has 3 amide bonds. The summed E-state index contributed by atoms with van der Waals surface area (Å²) in [5.74, 6) is 0.296. The maximum Gasteiger partial charge on any atom is 0.317 e. The molecular formula is C16H25N3O2S. The first-order chi connectivity index (χ1) is 10.5. The second-order valence-corrected chi connectivity index (χ2v) is 7.15. The van der Waals surface area contributed by atoms with Crippen molar-refractivity contribution in [3.8, 4) is 0 Å². The van der Waals surface area contributed by atoms with E-state index in [1.807, 2.05) is 16.3 Å². The Labute approximate surface area is 136 Å². The van der Waals surface area contributed by atoms with E-state index in [-0.39, 0.29) is 24.0 Å². The molecule has 1 saturated heterocycles. The number of hydrogen-bond donors (Lipinski definition) is 2. The minimum absolute atomic E-state index is 0.0358. The van der Waals surface area contributed by atoms with Crippen molar-refractivity contribution in [2.24, 2.45) is 5.92 Å². The lowest BCUT2D eigenvalue weighted by molar-refractivity contribution is -0.119. The molecule has 0 aromatic carbocycles. The maximum absolute atomic E-state index is 12.5. The fourth-order valence-electron chi connectivity index (χ4n) is 2.83. The second kappa shape index (κ2) is 7.63. The molecule has 1 aromatic heterocycles. The molecule has 1 aromatic rings. The minimum atomic E-state index is -0.0397. The second-order valence-electron chi connectivity index (χ2n) is 6.17. The van der Waals surface area contributed by atoms with Gasteiger partial charge >= 0.3 is 6.03 Å². The molecule has 0 spiro atoms. The Morgan fingerprint density at radius 3 is 2.77 bits per heavy atom. The van der Waals surface area contributed by atoms with Crippen LogP contribution in [-0.4, -0.2) is 36.0 Å². The highest BCUT2D eigenvalue weighted by Gasteiger charge is 2.27. The molecule has 0 aliphatic carbocycles. The number of likely N-dealkylation sites (tertiary alicyclic amines) is 1. The fraction of sp³-hybridized carbons (Fsp3) is 0.625. The zero-order valence-corrected chi connectivity index (χ0v) is 14.3. The van der Waals surface area contributed by atoms with E-state index >= 15 is 0 Å². The van der Waals surface area contributed by atoms with Gasteiger partial charge in [0.15, 0.2) is 0 Å². The number of nitrogens with one attached hydrogen (secondary N) is 2. The molecule has 1 aliphatic rings. The van der Waals surface area contributed by atoms with E-state index in [2.05, 4.69) is 30.5 Å². The third kappa shape index (κ3) is 4.47. The minimum Gasteiger partial charge on any atom is -0.352 e. The van der Waals surface area contributed by atoms with Gasteiger partial charge in [0.05, 0.1) is 6.04 Å². The zero-order valence-electron chi connectivity index (χ0n) is 13.5. The smallest absolute Gasteiger partial charge is 0.317 e. The van der Waals surface area contributed by atoms with E-state index in [1.54, 1.807) is 11.3 Å². The van der Waals surface area contributed by atoms with Crippen molar-refractivity contribution in [2.45, 2.75) is 45.7 Å². The summed E-state index contributed by atoms with van der Waals surface area (Å²) < 4.78 is 0. The Kier molecular flexibility index (Phi) is 5.83. The number of nitrogens with zero attached hydrogens (tertiary/aromatic N) is 1. The summed E-state index contributed by atoms with van der Waals surface area (Å²) in [4.78, 5) is 26.7. The van der Waals surface area contributed by atoms with Crippen LogP contribution < -0.4 is 10.6 Å². The van der Waals surface area contributed by atoms with Crippen molar-refractivity contribution in [2.75, 3.05) is 13.1 Å². The van der Waals surface area contributed by atoms with E-state index < -0.39 is 0 Å². The Morgan fingerprint density at radius 2 is 2.18 bits per heavy atom. The Hall–Kier alpha value is -1.56. The number of carbonyl (C=O) groups excluding carboxylic acids is 2. The van der Waals surface area contributed by atoms with Crippen LogP contribution in [0.25, 0.3) is 0 Å². The molecule has 1 aliphatic heterocycles. The quantitative estimate of drug-likeness (QED) is 0.895. The summed E-state index contributed by atoms with van der Waals surface area (Å²) in [6.07, 6.45) is 1.85. The number of urea groups is 1. The van der Waals surface area contributed by atoms with Gasteiger partial charge in [-0.05, 0) is 30.2 Å². The van der Waals surface area contributed by atoms with Gasteiger partial charge in [-0.1, -0.05) is 19.9 Å². The van der Waals surface area contributed by atoms with Gasteiger partial charge in [0.2, 0.25) is 5.91 Å². The predicted molar refractivity (Wildman–Crippen MR) is 88.8 cm³/mol. The van der Waals surface area contributed by atoms with Crippen LogP contribution in [0.5, 0.6) is 0 Å². The van der Waals surface area contributed by atoms with Crippen LogP contribution in [0.2, 0.25) is 0 Å². The molecule has 2 unspecified atom stereocenters. The Bertz CT molecular complexity index is 501. The molecule has 122 valence electrons. The lowest BCUT2D eigenvalue weighted by Crippen LogP contribution is -2.52. The highest BCUT2D eigenvalue weighted by molar-refractivity contribution is 7.10. The average molecular weight is 323 g/mol. The number of thiophene rings is 1. The number of rotatable bonds is 4. The third-order valence-electron chi connectivity index (χ3n) is 3.91. The van der Waals surface area contributed by atoms with E-state index in [1.165, 1.54) is 11.8 Å². The predicted octanol–water partition coefficient (Wildman–Crippen LogP) is 2.76.